The Bertz CT molecular complexity index is 403. The van der Waals surface area contributed by atoms with E-state index in [1.165, 1.54) is 5.39 Å². The molecule has 0 saturated carbocycles. The van der Waals surface area contributed by atoms with Crippen LogP contribution < -0.4 is 5.48 Å². The van der Waals surface area contributed by atoms with E-state index in [4.69, 9.17) is 5.21 Å². The molecule has 0 aliphatic heterocycles. The minimum absolute atomic E-state index is 0. The van der Waals surface area contributed by atoms with Gasteiger partial charge in [0, 0.05) is 0 Å². The molecular weight excluding hydrogens is 186 g/mol. The summed E-state index contributed by atoms with van der Waals surface area (Å²) < 4.78 is 0. The van der Waals surface area contributed by atoms with Crippen molar-refractivity contribution in [3.05, 3.63) is 42.5 Å². The van der Waals surface area contributed by atoms with Gasteiger partial charge in [0.05, 0.1) is 5.69 Å². The number of hydrogen-bond donors (Lipinski definition) is 2. The van der Waals surface area contributed by atoms with Crippen molar-refractivity contribution in [2.24, 2.45) is 0 Å². The zero-order valence-electron chi connectivity index (χ0n) is 6.90. The highest BCUT2D eigenvalue weighted by Gasteiger charge is 1.92. The number of benzene rings is 2. The van der Waals surface area contributed by atoms with Gasteiger partial charge in [0.25, 0.3) is 0 Å². The molecule has 0 aromatic heterocycles. The minimum Gasteiger partial charge on any atom is -0.291 e. The predicted octanol–water partition coefficient (Wildman–Crippen LogP) is 3.06. The van der Waals surface area contributed by atoms with Crippen molar-refractivity contribution in [3.63, 3.8) is 0 Å². The summed E-state index contributed by atoms with van der Waals surface area (Å²) in [7, 11) is 0. The molecule has 0 aliphatic carbocycles. The Labute approximate surface area is 82.6 Å². The standard InChI is InChI=1S/C10H9NO.ClH/c12-11-10-6-5-8-3-1-2-4-9(8)7-10;/h1-7,11-12H;1H. The van der Waals surface area contributed by atoms with Crippen LogP contribution in [0.1, 0.15) is 0 Å². The first-order valence-corrected chi connectivity index (χ1v) is 3.79. The van der Waals surface area contributed by atoms with Crippen LogP contribution in [0.3, 0.4) is 0 Å². The van der Waals surface area contributed by atoms with Gasteiger partial charge in [-0.1, -0.05) is 30.3 Å². The van der Waals surface area contributed by atoms with Crippen molar-refractivity contribution < 1.29 is 5.21 Å². The number of nitrogens with one attached hydrogen (secondary N) is 1. The molecular formula is C10H10ClNO. The zero-order valence-corrected chi connectivity index (χ0v) is 7.71. The highest BCUT2D eigenvalue weighted by molar-refractivity contribution is 5.85. The molecule has 0 unspecified atom stereocenters. The molecule has 0 amide bonds. The molecule has 2 aromatic carbocycles. The van der Waals surface area contributed by atoms with Gasteiger partial charge in [-0.25, -0.2) is 0 Å². The van der Waals surface area contributed by atoms with Gasteiger partial charge in [-0.05, 0) is 22.9 Å². The summed E-state index contributed by atoms with van der Waals surface area (Å²) in [5.41, 5.74) is 2.84. The summed E-state index contributed by atoms with van der Waals surface area (Å²) in [6.07, 6.45) is 0. The van der Waals surface area contributed by atoms with E-state index in [1.807, 2.05) is 42.5 Å². The van der Waals surface area contributed by atoms with Crippen molar-refractivity contribution in [3.8, 4) is 0 Å². The van der Waals surface area contributed by atoms with Crippen LogP contribution in [-0.4, -0.2) is 5.21 Å². The molecule has 0 saturated heterocycles. The van der Waals surface area contributed by atoms with Crippen molar-refractivity contribution in [2.45, 2.75) is 0 Å². The first-order chi connectivity index (χ1) is 5.90. The van der Waals surface area contributed by atoms with Crippen molar-refractivity contribution >= 4 is 28.9 Å². The lowest BCUT2D eigenvalue weighted by atomic mass is 10.1. The SMILES string of the molecule is Cl.ONc1ccc2ccccc2c1. The summed E-state index contributed by atoms with van der Waals surface area (Å²) in [6, 6.07) is 13.7. The Morgan fingerprint density at radius 1 is 0.923 bits per heavy atom. The molecule has 0 heterocycles. The van der Waals surface area contributed by atoms with Gasteiger partial charge in [0.15, 0.2) is 0 Å². The van der Waals surface area contributed by atoms with Gasteiger partial charge in [-0.2, -0.15) is 0 Å². The number of anilines is 1. The Morgan fingerprint density at radius 3 is 2.31 bits per heavy atom. The average molecular weight is 196 g/mol. The van der Waals surface area contributed by atoms with E-state index < -0.39 is 0 Å². The molecule has 3 heteroatoms. The molecule has 0 aliphatic rings. The zero-order chi connectivity index (χ0) is 8.39. The number of rotatable bonds is 1. The number of fused-ring (bicyclic) bond motifs is 1. The second kappa shape index (κ2) is 4.12. The highest BCUT2D eigenvalue weighted by Crippen LogP contribution is 2.17. The van der Waals surface area contributed by atoms with Crippen molar-refractivity contribution in [1.82, 2.24) is 0 Å². The third kappa shape index (κ3) is 1.91. The lowest BCUT2D eigenvalue weighted by Crippen LogP contribution is -1.87. The van der Waals surface area contributed by atoms with E-state index in [-0.39, 0.29) is 12.4 Å². The maximum Gasteiger partial charge on any atom is 0.0608 e. The molecule has 0 atom stereocenters. The highest BCUT2D eigenvalue weighted by atomic mass is 35.5. The second-order valence-electron chi connectivity index (χ2n) is 2.67. The molecule has 2 aromatic rings. The fourth-order valence-corrected chi connectivity index (χ4v) is 1.26. The van der Waals surface area contributed by atoms with Gasteiger partial charge in [0.2, 0.25) is 0 Å². The fourth-order valence-electron chi connectivity index (χ4n) is 1.26. The monoisotopic (exact) mass is 195 g/mol. The number of halogens is 1. The molecule has 0 radical (unpaired) electrons. The third-order valence-electron chi connectivity index (χ3n) is 1.88. The smallest absolute Gasteiger partial charge is 0.0608 e. The molecule has 0 fully saturated rings. The lowest BCUT2D eigenvalue weighted by molar-refractivity contribution is 0.389. The first-order valence-electron chi connectivity index (χ1n) is 3.79. The summed E-state index contributed by atoms with van der Waals surface area (Å²) in [4.78, 5) is 0. The van der Waals surface area contributed by atoms with E-state index >= 15 is 0 Å². The Kier molecular flexibility index (Phi) is 3.12. The van der Waals surface area contributed by atoms with Gasteiger partial charge < -0.3 is 0 Å². The normalized spacial score (nSPS) is 9.31. The topological polar surface area (TPSA) is 32.3 Å². The Morgan fingerprint density at radius 2 is 1.62 bits per heavy atom. The van der Waals surface area contributed by atoms with Crippen LogP contribution in [0, 0.1) is 0 Å². The fraction of sp³-hybridized carbons (Fsp3) is 0. The molecule has 13 heavy (non-hydrogen) atoms. The van der Waals surface area contributed by atoms with Crippen molar-refractivity contribution in [1.29, 1.82) is 0 Å². The van der Waals surface area contributed by atoms with Crippen LogP contribution in [0.5, 0.6) is 0 Å². The van der Waals surface area contributed by atoms with Gasteiger partial charge >= 0.3 is 0 Å². The van der Waals surface area contributed by atoms with E-state index in [1.54, 1.807) is 0 Å². The largest absolute Gasteiger partial charge is 0.291 e. The molecule has 2 rings (SSSR count). The van der Waals surface area contributed by atoms with Crippen LogP contribution in [0.4, 0.5) is 5.69 Å². The van der Waals surface area contributed by atoms with E-state index in [9.17, 15) is 0 Å². The van der Waals surface area contributed by atoms with E-state index in [2.05, 4.69) is 5.48 Å². The maximum absolute atomic E-state index is 8.65. The van der Waals surface area contributed by atoms with Crippen LogP contribution in [0.25, 0.3) is 10.8 Å². The summed E-state index contributed by atoms with van der Waals surface area (Å²) >= 11 is 0. The van der Waals surface area contributed by atoms with Gasteiger partial charge in [-0.15, -0.1) is 12.4 Å². The summed E-state index contributed by atoms with van der Waals surface area (Å²) in [5, 5.41) is 10.9. The van der Waals surface area contributed by atoms with E-state index in [0.717, 1.165) is 5.39 Å². The third-order valence-corrected chi connectivity index (χ3v) is 1.88. The summed E-state index contributed by atoms with van der Waals surface area (Å²) in [5.74, 6) is 0. The van der Waals surface area contributed by atoms with Gasteiger partial charge in [0.1, 0.15) is 0 Å². The second-order valence-corrected chi connectivity index (χ2v) is 2.67. The average Bonchev–Trinajstić information content (AvgIpc) is 2.17. The number of hydrogen-bond acceptors (Lipinski definition) is 2. The van der Waals surface area contributed by atoms with Crippen LogP contribution in [0.15, 0.2) is 42.5 Å². The molecule has 2 nitrogen and oxygen atoms in total. The van der Waals surface area contributed by atoms with Crippen molar-refractivity contribution in [2.75, 3.05) is 5.48 Å². The molecule has 68 valence electrons. The van der Waals surface area contributed by atoms with Crippen LogP contribution in [-0.2, 0) is 0 Å². The molecule has 2 N–H and O–H groups in total. The lowest BCUT2D eigenvalue weighted by Gasteiger charge is -2.00. The minimum atomic E-state index is 0. The molecule has 0 bridgehead atoms. The Balaban J connectivity index is 0.000000845. The first kappa shape index (κ1) is 9.84. The summed E-state index contributed by atoms with van der Waals surface area (Å²) in [6.45, 7) is 0. The Hall–Kier alpha value is -1.25. The molecule has 0 spiro atoms. The van der Waals surface area contributed by atoms with Crippen LogP contribution >= 0.6 is 12.4 Å². The maximum atomic E-state index is 8.65. The van der Waals surface area contributed by atoms with Gasteiger partial charge in [-0.3, -0.25) is 10.7 Å². The predicted molar refractivity (Wildman–Crippen MR) is 56.6 cm³/mol. The quantitative estimate of drug-likeness (QED) is 0.686. The van der Waals surface area contributed by atoms with Crippen LogP contribution in [0.2, 0.25) is 0 Å². The van der Waals surface area contributed by atoms with E-state index in [0.29, 0.717) is 5.69 Å².